The Morgan fingerprint density at radius 1 is 1.43 bits per heavy atom. The van der Waals surface area contributed by atoms with E-state index in [1.165, 1.54) is 4.90 Å². The highest BCUT2D eigenvalue weighted by Crippen LogP contribution is 2.30. The summed E-state index contributed by atoms with van der Waals surface area (Å²) in [6.45, 7) is 2.16. The summed E-state index contributed by atoms with van der Waals surface area (Å²) in [4.78, 5) is 28.4. The maximum absolute atomic E-state index is 12.7. The van der Waals surface area contributed by atoms with Crippen LogP contribution in [0.3, 0.4) is 0 Å². The van der Waals surface area contributed by atoms with Crippen molar-refractivity contribution in [3.05, 3.63) is 29.3 Å². The maximum Gasteiger partial charge on any atom is 0.249 e. The SMILES string of the molecule is CN(C(=O)[C@@H]1COCCN1)[C@@H]1CCN(c2ccccc2Cl)C1=O. The molecule has 0 saturated carbocycles. The van der Waals surface area contributed by atoms with Crippen molar-refractivity contribution in [1.82, 2.24) is 10.2 Å². The molecule has 2 fully saturated rings. The number of amides is 2. The number of hydrogen-bond acceptors (Lipinski definition) is 4. The minimum atomic E-state index is -0.456. The summed E-state index contributed by atoms with van der Waals surface area (Å²) < 4.78 is 5.33. The lowest BCUT2D eigenvalue weighted by atomic mass is 10.1. The molecule has 2 atom stereocenters. The molecule has 23 heavy (non-hydrogen) atoms. The fourth-order valence-corrected chi connectivity index (χ4v) is 3.30. The molecule has 7 heteroatoms. The Morgan fingerprint density at radius 2 is 2.22 bits per heavy atom. The molecular weight excluding hydrogens is 318 g/mol. The minimum Gasteiger partial charge on any atom is -0.378 e. The zero-order valence-electron chi connectivity index (χ0n) is 13.0. The molecule has 2 saturated heterocycles. The summed E-state index contributed by atoms with van der Waals surface area (Å²) in [5.41, 5.74) is 0.696. The first-order chi connectivity index (χ1) is 11.1. The van der Waals surface area contributed by atoms with Crippen LogP contribution in [0.25, 0.3) is 0 Å². The highest BCUT2D eigenvalue weighted by molar-refractivity contribution is 6.34. The number of rotatable bonds is 3. The third-order valence-corrected chi connectivity index (χ3v) is 4.67. The first-order valence-corrected chi connectivity index (χ1v) is 8.11. The van der Waals surface area contributed by atoms with Crippen LogP contribution in [0, 0.1) is 0 Å². The quantitative estimate of drug-likeness (QED) is 0.890. The average Bonchev–Trinajstić information content (AvgIpc) is 2.96. The van der Waals surface area contributed by atoms with Crippen LogP contribution in [0.4, 0.5) is 5.69 Å². The smallest absolute Gasteiger partial charge is 0.249 e. The molecule has 0 bridgehead atoms. The van der Waals surface area contributed by atoms with Crippen LogP contribution in [-0.2, 0) is 14.3 Å². The van der Waals surface area contributed by atoms with Crippen LogP contribution in [0.5, 0.6) is 0 Å². The van der Waals surface area contributed by atoms with E-state index in [1.54, 1.807) is 18.0 Å². The van der Waals surface area contributed by atoms with E-state index in [0.29, 0.717) is 43.4 Å². The van der Waals surface area contributed by atoms with E-state index >= 15 is 0 Å². The van der Waals surface area contributed by atoms with Crippen LogP contribution < -0.4 is 10.2 Å². The summed E-state index contributed by atoms with van der Waals surface area (Å²) in [6, 6.07) is 6.42. The van der Waals surface area contributed by atoms with Crippen molar-refractivity contribution in [1.29, 1.82) is 0 Å². The number of carbonyl (C=O) groups is 2. The average molecular weight is 338 g/mol. The Kier molecular flexibility index (Phi) is 4.84. The van der Waals surface area contributed by atoms with Gasteiger partial charge in [-0.2, -0.15) is 0 Å². The van der Waals surface area contributed by atoms with Gasteiger partial charge >= 0.3 is 0 Å². The van der Waals surface area contributed by atoms with E-state index in [4.69, 9.17) is 16.3 Å². The standard InChI is InChI=1S/C16H20ClN3O3/c1-19(15(21)12-10-23-9-7-18-12)14-6-8-20(16(14)22)13-5-3-2-4-11(13)17/h2-5,12,14,18H,6-10H2,1H3/t12-,14+/m0/s1. The summed E-state index contributed by atoms with van der Waals surface area (Å²) in [5.74, 6) is -0.199. The number of benzene rings is 1. The van der Waals surface area contributed by atoms with Crippen molar-refractivity contribution >= 4 is 29.1 Å². The molecule has 1 N–H and O–H groups in total. The second kappa shape index (κ2) is 6.86. The maximum atomic E-state index is 12.7. The van der Waals surface area contributed by atoms with E-state index in [-0.39, 0.29) is 17.9 Å². The van der Waals surface area contributed by atoms with Crippen molar-refractivity contribution < 1.29 is 14.3 Å². The number of anilines is 1. The van der Waals surface area contributed by atoms with Crippen LogP contribution >= 0.6 is 11.6 Å². The number of ether oxygens (including phenoxy) is 1. The van der Waals surface area contributed by atoms with Crippen molar-refractivity contribution in [2.75, 3.05) is 38.3 Å². The summed E-state index contributed by atoms with van der Waals surface area (Å²) in [6.07, 6.45) is 0.597. The molecule has 0 spiro atoms. The molecule has 0 unspecified atom stereocenters. The molecule has 3 rings (SSSR count). The predicted molar refractivity (Wildman–Crippen MR) is 87.6 cm³/mol. The van der Waals surface area contributed by atoms with Gasteiger partial charge in [-0.25, -0.2) is 0 Å². The van der Waals surface area contributed by atoms with E-state index in [1.807, 2.05) is 18.2 Å². The van der Waals surface area contributed by atoms with Gasteiger partial charge in [-0.15, -0.1) is 0 Å². The van der Waals surface area contributed by atoms with Crippen molar-refractivity contribution in [3.8, 4) is 0 Å². The third kappa shape index (κ3) is 3.20. The van der Waals surface area contributed by atoms with Gasteiger partial charge in [0.25, 0.3) is 0 Å². The van der Waals surface area contributed by atoms with Gasteiger partial charge in [-0.1, -0.05) is 23.7 Å². The highest BCUT2D eigenvalue weighted by Gasteiger charge is 2.39. The third-order valence-electron chi connectivity index (χ3n) is 4.36. The Balaban J connectivity index is 1.71. The highest BCUT2D eigenvalue weighted by atomic mass is 35.5. The zero-order chi connectivity index (χ0) is 16.4. The van der Waals surface area contributed by atoms with Crippen LogP contribution in [-0.4, -0.2) is 62.1 Å². The van der Waals surface area contributed by atoms with E-state index in [2.05, 4.69) is 5.32 Å². The van der Waals surface area contributed by atoms with Crippen molar-refractivity contribution in [3.63, 3.8) is 0 Å². The molecule has 0 aliphatic carbocycles. The van der Waals surface area contributed by atoms with E-state index < -0.39 is 6.04 Å². The van der Waals surface area contributed by atoms with Crippen molar-refractivity contribution in [2.24, 2.45) is 0 Å². The lowest BCUT2D eigenvalue weighted by molar-refractivity contribution is -0.140. The normalized spacial score (nSPS) is 24.8. The number of halogens is 1. The van der Waals surface area contributed by atoms with Gasteiger partial charge in [0.2, 0.25) is 11.8 Å². The van der Waals surface area contributed by atoms with Gasteiger partial charge in [-0.05, 0) is 18.6 Å². The summed E-state index contributed by atoms with van der Waals surface area (Å²) in [7, 11) is 1.68. The zero-order valence-corrected chi connectivity index (χ0v) is 13.8. The molecule has 124 valence electrons. The molecule has 1 aromatic rings. The summed E-state index contributed by atoms with van der Waals surface area (Å²) >= 11 is 6.18. The Morgan fingerprint density at radius 3 is 2.91 bits per heavy atom. The van der Waals surface area contributed by atoms with Crippen LogP contribution in [0.1, 0.15) is 6.42 Å². The molecular formula is C16H20ClN3O3. The Labute approximate surface area is 140 Å². The van der Waals surface area contributed by atoms with Gasteiger partial charge in [-0.3, -0.25) is 9.59 Å². The minimum absolute atomic E-state index is 0.0920. The lowest BCUT2D eigenvalue weighted by Crippen LogP contribution is -2.55. The van der Waals surface area contributed by atoms with E-state index in [0.717, 1.165) is 0 Å². The number of likely N-dealkylation sites (N-methyl/N-ethyl adjacent to an activating group) is 1. The van der Waals surface area contributed by atoms with Crippen molar-refractivity contribution in [2.45, 2.75) is 18.5 Å². The molecule has 2 heterocycles. The van der Waals surface area contributed by atoms with Gasteiger partial charge in [0.05, 0.1) is 23.9 Å². The second-order valence-corrected chi connectivity index (χ2v) is 6.18. The van der Waals surface area contributed by atoms with Gasteiger partial charge < -0.3 is 19.9 Å². The fraction of sp³-hybridized carbons (Fsp3) is 0.500. The largest absolute Gasteiger partial charge is 0.378 e. The first kappa shape index (κ1) is 16.2. The molecule has 0 radical (unpaired) electrons. The molecule has 2 aliphatic heterocycles. The van der Waals surface area contributed by atoms with Gasteiger partial charge in [0.1, 0.15) is 12.1 Å². The molecule has 2 aliphatic rings. The lowest BCUT2D eigenvalue weighted by Gasteiger charge is -2.30. The first-order valence-electron chi connectivity index (χ1n) is 7.73. The number of nitrogens with zero attached hydrogens (tertiary/aromatic N) is 2. The number of carbonyl (C=O) groups excluding carboxylic acids is 2. The predicted octanol–water partition coefficient (Wildman–Crippen LogP) is 0.892. The number of hydrogen-bond donors (Lipinski definition) is 1. The number of para-hydroxylation sites is 1. The molecule has 6 nitrogen and oxygen atoms in total. The van der Waals surface area contributed by atoms with E-state index in [9.17, 15) is 9.59 Å². The van der Waals surface area contributed by atoms with Gasteiger partial charge in [0, 0.05) is 20.1 Å². The topological polar surface area (TPSA) is 61.9 Å². The monoisotopic (exact) mass is 337 g/mol. The fourth-order valence-electron chi connectivity index (χ4n) is 3.06. The number of morpholine rings is 1. The second-order valence-electron chi connectivity index (χ2n) is 5.78. The number of nitrogens with one attached hydrogen (secondary N) is 1. The van der Waals surface area contributed by atoms with Crippen LogP contribution in [0.15, 0.2) is 24.3 Å². The molecule has 1 aromatic carbocycles. The summed E-state index contributed by atoms with van der Waals surface area (Å²) in [5, 5.41) is 3.67. The van der Waals surface area contributed by atoms with Gasteiger partial charge in [0.15, 0.2) is 0 Å². The Bertz CT molecular complexity index is 604. The molecule has 0 aromatic heterocycles. The Hall–Kier alpha value is -1.63. The molecule has 2 amide bonds. The van der Waals surface area contributed by atoms with Crippen LogP contribution in [0.2, 0.25) is 5.02 Å².